The third kappa shape index (κ3) is 4.81. The predicted octanol–water partition coefficient (Wildman–Crippen LogP) is 6.17. The summed E-state index contributed by atoms with van der Waals surface area (Å²) in [6, 6.07) is 24.5. The van der Waals surface area contributed by atoms with Crippen LogP contribution in [-0.4, -0.2) is 37.5 Å². The number of hydrogen-bond acceptors (Lipinski definition) is 3. The van der Waals surface area contributed by atoms with E-state index in [1.165, 1.54) is 11.3 Å². The number of amidine groups is 1. The Morgan fingerprint density at radius 3 is 2.32 bits per heavy atom. The first kappa shape index (κ1) is 21.5. The van der Waals surface area contributed by atoms with Crippen LogP contribution < -0.4 is 4.90 Å². The zero-order chi connectivity index (χ0) is 21.8. The lowest BCUT2D eigenvalue weighted by Crippen LogP contribution is -2.51. The molecule has 4 nitrogen and oxygen atoms in total. The second-order valence-electron chi connectivity index (χ2n) is 7.60. The van der Waals surface area contributed by atoms with Gasteiger partial charge in [0.05, 0.1) is 6.04 Å². The second-order valence-corrected chi connectivity index (χ2v) is 8.47. The molecule has 1 atom stereocenters. The Morgan fingerprint density at radius 2 is 1.65 bits per heavy atom. The molecule has 3 aromatic rings. The fourth-order valence-electron chi connectivity index (χ4n) is 4.14. The number of halogens is 2. The first-order valence-electron chi connectivity index (χ1n) is 10.3. The third-order valence-corrected chi connectivity index (χ3v) is 6.10. The molecule has 1 fully saturated rings. The van der Waals surface area contributed by atoms with Crippen LogP contribution in [0.25, 0.3) is 0 Å². The van der Waals surface area contributed by atoms with E-state index in [9.17, 15) is 0 Å². The number of anilines is 1. The van der Waals surface area contributed by atoms with Crippen LogP contribution in [0.3, 0.4) is 0 Å². The van der Waals surface area contributed by atoms with E-state index >= 15 is 0 Å². The molecule has 0 aliphatic carbocycles. The Morgan fingerprint density at radius 1 is 0.935 bits per heavy atom. The number of nitrogens with zero attached hydrogens (tertiary/aromatic N) is 3. The summed E-state index contributed by atoms with van der Waals surface area (Å²) in [6.07, 6.45) is 0. The number of benzene rings is 3. The van der Waals surface area contributed by atoms with E-state index in [0.717, 1.165) is 46.6 Å². The lowest BCUT2D eigenvalue weighted by molar-refractivity contribution is 0.202. The number of hydrogen-bond donors (Lipinski definition) is 0. The van der Waals surface area contributed by atoms with Crippen molar-refractivity contribution in [2.75, 3.05) is 31.6 Å². The van der Waals surface area contributed by atoms with E-state index in [2.05, 4.69) is 52.2 Å². The molecule has 1 aliphatic heterocycles. The predicted molar refractivity (Wildman–Crippen MR) is 129 cm³/mol. The van der Waals surface area contributed by atoms with Gasteiger partial charge in [-0.25, -0.2) is 0 Å². The molecule has 0 N–H and O–H groups in total. The van der Waals surface area contributed by atoms with Gasteiger partial charge in [-0.1, -0.05) is 70.8 Å². The smallest absolute Gasteiger partial charge is 0.175 e. The molecule has 160 valence electrons. The highest BCUT2D eigenvalue weighted by atomic mass is 35.5. The van der Waals surface area contributed by atoms with Gasteiger partial charge in [0.25, 0.3) is 0 Å². The van der Waals surface area contributed by atoms with Gasteiger partial charge in [0.15, 0.2) is 5.84 Å². The molecule has 0 spiro atoms. The van der Waals surface area contributed by atoms with Gasteiger partial charge in [-0.3, -0.25) is 0 Å². The van der Waals surface area contributed by atoms with E-state index in [0.29, 0.717) is 0 Å². The molecule has 0 saturated carbocycles. The van der Waals surface area contributed by atoms with E-state index in [1.54, 1.807) is 7.11 Å². The van der Waals surface area contributed by atoms with Gasteiger partial charge in [0, 0.05) is 40.9 Å². The summed E-state index contributed by atoms with van der Waals surface area (Å²) in [5.41, 5.74) is 4.59. The summed E-state index contributed by atoms with van der Waals surface area (Å²) in [4.78, 5) is 9.95. The first-order valence-corrected chi connectivity index (χ1v) is 11.0. The van der Waals surface area contributed by atoms with Crippen LogP contribution >= 0.6 is 23.2 Å². The Kier molecular flexibility index (Phi) is 6.69. The SMILES string of the molecule is CO/N=C(/c1ccccc1)N1CCN(c2ccc(Cl)cc2C)C(c2ccc(Cl)cc2)C1. The van der Waals surface area contributed by atoms with Gasteiger partial charge in [-0.15, -0.1) is 0 Å². The Bertz CT molecular complexity index is 1050. The average molecular weight is 454 g/mol. The Balaban J connectivity index is 1.71. The molecule has 6 heteroatoms. The molecule has 1 saturated heterocycles. The highest BCUT2D eigenvalue weighted by molar-refractivity contribution is 6.31. The van der Waals surface area contributed by atoms with Crippen molar-refractivity contribution in [3.63, 3.8) is 0 Å². The lowest BCUT2D eigenvalue weighted by Gasteiger charge is -2.44. The highest BCUT2D eigenvalue weighted by Crippen LogP contribution is 2.34. The zero-order valence-corrected chi connectivity index (χ0v) is 19.1. The summed E-state index contributed by atoms with van der Waals surface area (Å²) in [5.74, 6) is 0.842. The first-order chi connectivity index (χ1) is 15.1. The molecule has 0 bridgehead atoms. The van der Waals surface area contributed by atoms with Gasteiger partial charge in [0.2, 0.25) is 0 Å². The average Bonchev–Trinajstić information content (AvgIpc) is 2.78. The van der Waals surface area contributed by atoms with Crippen LogP contribution in [0.5, 0.6) is 0 Å². The van der Waals surface area contributed by atoms with Gasteiger partial charge in [-0.2, -0.15) is 0 Å². The van der Waals surface area contributed by atoms with Crippen LogP contribution in [0, 0.1) is 6.92 Å². The summed E-state index contributed by atoms with van der Waals surface area (Å²) in [7, 11) is 1.59. The monoisotopic (exact) mass is 453 g/mol. The maximum atomic E-state index is 6.22. The summed E-state index contributed by atoms with van der Waals surface area (Å²) >= 11 is 12.4. The van der Waals surface area contributed by atoms with Crippen molar-refractivity contribution in [3.8, 4) is 0 Å². The maximum Gasteiger partial charge on any atom is 0.175 e. The van der Waals surface area contributed by atoms with E-state index in [-0.39, 0.29) is 6.04 Å². The van der Waals surface area contributed by atoms with Crippen molar-refractivity contribution in [2.24, 2.45) is 5.16 Å². The van der Waals surface area contributed by atoms with Gasteiger partial charge in [-0.05, 0) is 48.4 Å². The van der Waals surface area contributed by atoms with Gasteiger partial charge < -0.3 is 14.6 Å². The molecular weight excluding hydrogens is 429 g/mol. The minimum Gasteiger partial charge on any atom is -0.397 e. The van der Waals surface area contributed by atoms with E-state index < -0.39 is 0 Å². The van der Waals surface area contributed by atoms with Crippen molar-refractivity contribution >= 4 is 34.7 Å². The molecule has 1 heterocycles. The zero-order valence-electron chi connectivity index (χ0n) is 17.6. The maximum absolute atomic E-state index is 6.22. The van der Waals surface area contributed by atoms with Crippen molar-refractivity contribution in [3.05, 3.63) is 99.5 Å². The van der Waals surface area contributed by atoms with E-state index in [4.69, 9.17) is 28.0 Å². The normalized spacial score (nSPS) is 17.0. The lowest BCUT2D eigenvalue weighted by atomic mass is 9.99. The summed E-state index contributed by atoms with van der Waals surface area (Å²) in [6.45, 7) is 4.53. The van der Waals surface area contributed by atoms with Crippen molar-refractivity contribution in [1.82, 2.24) is 4.90 Å². The Hall–Kier alpha value is -2.69. The molecule has 0 amide bonds. The molecule has 1 unspecified atom stereocenters. The number of piperazine rings is 1. The molecule has 0 aromatic heterocycles. The van der Waals surface area contributed by atoms with E-state index in [1.807, 2.05) is 42.5 Å². The number of aryl methyl sites for hydroxylation is 1. The van der Waals surface area contributed by atoms with Crippen LogP contribution in [0.15, 0.2) is 78.0 Å². The highest BCUT2D eigenvalue weighted by Gasteiger charge is 2.31. The molecule has 31 heavy (non-hydrogen) atoms. The molecule has 0 radical (unpaired) electrons. The van der Waals surface area contributed by atoms with Crippen molar-refractivity contribution < 1.29 is 4.84 Å². The standard InChI is InChI=1S/C25H25Cl2N3O/c1-18-16-22(27)12-13-23(18)30-15-14-29(17-24(30)19-8-10-21(26)11-9-19)25(28-31-2)20-6-4-3-5-7-20/h3-13,16,24H,14-15,17H2,1-2H3/b28-25-. The molecular formula is C25H25Cl2N3O. The third-order valence-electron chi connectivity index (χ3n) is 5.61. The Labute approximate surface area is 193 Å². The number of rotatable bonds is 4. The minimum atomic E-state index is 0.122. The molecule has 3 aromatic carbocycles. The topological polar surface area (TPSA) is 28.1 Å². The van der Waals surface area contributed by atoms with Gasteiger partial charge in [0.1, 0.15) is 7.11 Å². The summed E-state index contributed by atoms with van der Waals surface area (Å²) < 4.78 is 0. The van der Waals surface area contributed by atoms with Crippen LogP contribution in [0.2, 0.25) is 10.0 Å². The molecule has 4 rings (SSSR count). The van der Waals surface area contributed by atoms with Crippen molar-refractivity contribution in [2.45, 2.75) is 13.0 Å². The largest absolute Gasteiger partial charge is 0.397 e. The second kappa shape index (κ2) is 9.63. The van der Waals surface area contributed by atoms with Crippen LogP contribution in [0.4, 0.5) is 5.69 Å². The molecule has 1 aliphatic rings. The van der Waals surface area contributed by atoms with Crippen molar-refractivity contribution in [1.29, 1.82) is 0 Å². The summed E-state index contributed by atoms with van der Waals surface area (Å²) in [5, 5.41) is 5.86. The van der Waals surface area contributed by atoms with Gasteiger partial charge >= 0.3 is 0 Å². The van der Waals surface area contributed by atoms with Crippen LogP contribution in [-0.2, 0) is 4.84 Å². The van der Waals surface area contributed by atoms with Crippen LogP contribution in [0.1, 0.15) is 22.7 Å². The fraction of sp³-hybridized carbons (Fsp3) is 0.240. The quantitative estimate of drug-likeness (QED) is 0.268. The number of oxime groups is 1. The minimum absolute atomic E-state index is 0.122. The fourth-order valence-corrected chi connectivity index (χ4v) is 4.49.